The van der Waals surface area contributed by atoms with Gasteiger partial charge in [0.25, 0.3) is 0 Å². The number of aromatic nitrogens is 4. The van der Waals surface area contributed by atoms with Crippen LogP contribution in [0.2, 0.25) is 0 Å². The lowest BCUT2D eigenvalue weighted by molar-refractivity contribution is -0.140. The summed E-state index contributed by atoms with van der Waals surface area (Å²) >= 11 is 0. The summed E-state index contributed by atoms with van der Waals surface area (Å²) in [6.45, 7) is 2.09. The number of aromatic amines is 1. The van der Waals surface area contributed by atoms with Gasteiger partial charge in [0.2, 0.25) is 5.91 Å². The largest absolute Gasteiger partial charge is 0.353 e. The van der Waals surface area contributed by atoms with Crippen molar-refractivity contribution in [1.82, 2.24) is 24.8 Å². The fraction of sp³-hybridized carbons (Fsp3) is 0.368. The first-order valence-electron chi connectivity index (χ1n) is 9.03. The number of rotatable bonds is 3. The number of anilines is 1. The maximum absolute atomic E-state index is 13.0. The van der Waals surface area contributed by atoms with Crippen LogP contribution in [0, 0.1) is 5.92 Å². The molecule has 3 fully saturated rings. The van der Waals surface area contributed by atoms with E-state index >= 15 is 0 Å². The summed E-state index contributed by atoms with van der Waals surface area (Å²) in [7, 11) is 0. The predicted octanol–water partition coefficient (Wildman–Crippen LogP) is 1.98. The Balaban J connectivity index is 1.46. The molecule has 1 amide bonds. The van der Waals surface area contributed by atoms with Crippen molar-refractivity contribution in [3.8, 4) is 0 Å². The molecule has 0 aliphatic carbocycles. The molecule has 0 radical (unpaired) electrons. The smallest absolute Gasteiger partial charge is 0.228 e. The summed E-state index contributed by atoms with van der Waals surface area (Å²) in [4.78, 5) is 33.7. The summed E-state index contributed by atoms with van der Waals surface area (Å²) in [5.41, 5.74) is 1.78. The quantitative estimate of drug-likeness (QED) is 0.783. The number of amides is 1. The van der Waals surface area contributed by atoms with Crippen molar-refractivity contribution in [2.75, 3.05) is 18.0 Å². The molecule has 0 unspecified atom stereocenters. The van der Waals surface area contributed by atoms with Gasteiger partial charge < -0.3 is 14.8 Å². The fourth-order valence-electron chi connectivity index (χ4n) is 4.20. The Morgan fingerprint density at radius 1 is 1.12 bits per heavy atom. The number of hydrogen-bond donors (Lipinski definition) is 1. The Labute approximate surface area is 151 Å². The normalized spacial score (nSPS) is 22.8. The monoisotopic (exact) mass is 348 g/mol. The van der Waals surface area contributed by atoms with Crippen LogP contribution in [0.25, 0.3) is 11.0 Å². The van der Waals surface area contributed by atoms with E-state index in [2.05, 4.69) is 24.8 Å². The first-order chi connectivity index (χ1) is 12.8. The third-order valence-electron chi connectivity index (χ3n) is 5.48. The molecule has 0 saturated carbocycles. The second kappa shape index (κ2) is 6.09. The molecule has 7 heteroatoms. The van der Waals surface area contributed by atoms with Crippen molar-refractivity contribution in [2.45, 2.75) is 25.4 Å². The minimum absolute atomic E-state index is 0.0152. The summed E-state index contributed by atoms with van der Waals surface area (Å²) in [6.07, 6.45) is 7.23. The highest BCUT2D eigenvalue weighted by Crippen LogP contribution is 2.33. The van der Waals surface area contributed by atoms with Crippen LogP contribution in [0.4, 0.5) is 5.82 Å². The molecule has 6 heterocycles. The molecule has 3 aromatic rings. The first kappa shape index (κ1) is 15.3. The van der Waals surface area contributed by atoms with Crippen LogP contribution in [0.1, 0.15) is 18.5 Å². The van der Waals surface area contributed by atoms with E-state index in [1.807, 2.05) is 35.4 Å². The zero-order valence-electron chi connectivity index (χ0n) is 14.4. The fourth-order valence-corrected chi connectivity index (χ4v) is 4.20. The SMILES string of the molecule is O=C1[C@H]2CC[C@H](CN(c3ncnc4[nH]ccc34)C2)N1Cc1ccccn1. The Morgan fingerprint density at radius 2 is 2.08 bits per heavy atom. The highest BCUT2D eigenvalue weighted by molar-refractivity contribution is 5.88. The number of nitrogens with zero attached hydrogens (tertiary/aromatic N) is 5. The van der Waals surface area contributed by atoms with Crippen molar-refractivity contribution >= 4 is 22.8 Å². The second-order valence-corrected chi connectivity index (χ2v) is 7.06. The minimum Gasteiger partial charge on any atom is -0.353 e. The van der Waals surface area contributed by atoms with Crippen molar-refractivity contribution in [3.63, 3.8) is 0 Å². The standard InChI is InChI=1S/C19H20N6O/c26-19-13-4-5-15(25(19)10-14-3-1-2-7-20-14)11-24(9-13)18-16-6-8-21-17(16)22-12-23-18/h1-3,6-8,12-13,15H,4-5,9-11H2,(H,21,22,23)/t13-,15+/m0/s1. The number of H-pyrrole nitrogens is 1. The molecule has 3 aromatic heterocycles. The van der Waals surface area contributed by atoms with Crippen molar-refractivity contribution in [3.05, 3.63) is 48.7 Å². The highest BCUT2D eigenvalue weighted by Gasteiger charge is 2.41. The van der Waals surface area contributed by atoms with Gasteiger partial charge in [-0.3, -0.25) is 9.78 Å². The molecule has 0 spiro atoms. The number of hydrogen-bond acceptors (Lipinski definition) is 5. The van der Waals surface area contributed by atoms with Gasteiger partial charge in [-0.1, -0.05) is 6.07 Å². The van der Waals surface area contributed by atoms with Crippen LogP contribution in [0.5, 0.6) is 0 Å². The van der Waals surface area contributed by atoms with Gasteiger partial charge in [-0.25, -0.2) is 9.97 Å². The van der Waals surface area contributed by atoms with Crippen molar-refractivity contribution < 1.29 is 4.79 Å². The molecular formula is C19H20N6O. The number of pyridine rings is 1. The molecule has 2 atom stereocenters. The van der Waals surface area contributed by atoms with Crippen LogP contribution < -0.4 is 4.90 Å². The zero-order chi connectivity index (χ0) is 17.5. The molecule has 132 valence electrons. The van der Waals surface area contributed by atoms with Crippen molar-refractivity contribution in [2.24, 2.45) is 5.92 Å². The average Bonchev–Trinajstić information content (AvgIpc) is 3.00. The lowest BCUT2D eigenvalue weighted by Gasteiger charge is -2.35. The topological polar surface area (TPSA) is 78.0 Å². The minimum atomic E-state index is 0.0152. The number of piperidine rings is 1. The van der Waals surface area contributed by atoms with Gasteiger partial charge in [0, 0.05) is 31.5 Å². The van der Waals surface area contributed by atoms with E-state index in [4.69, 9.17) is 0 Å². The summed E-state index contributed by atoms with van der Waals surface area (Å²) < 4.78 is 0. The highest BCUT2D eigenvalue weighted by atomic mass is 16.2. The lowest BCUT2D eigenvalue weighted by Crippen LogP contribution is -2.47. The second-order valence-electron chi connectivity index (χ2n) is 7.06. The van der Waals surface area contributed by atoms with E-state index in [9.17, 15) is 4.79 Å². The first-order valence-corrected chi connectivity index (χ1v) is 9.03. The molecule has 3 aliphatic heterocycles. The Bertz CT molecular complexity index is 939. The molecule has 2 bridgehead atoms. The van der Waals surface area contributed by atoms with Gasteiger partial charge in [0.15, 0.2) is 0 Å². The van der Waals surface area contributed by atoms with E-state index in [0.29, 0.717) is 13.1 Å². The predicted molar refractivity (Wildman–Crippen MR) is 97.4 cm³/mol. The Hall–Kier alpha value is -2.96. The number of carbonyl (C=O) groups is 1. The van der Waals surface area contributed by atoms with E-state index in [1.165, 1.54) is 0 Å². The summed E-state index contributed by atoms with van der Waals surface area (Å²) in [5.74, 6) is 1.18. The average molecular weight is 348 g/mol. The lowest BCUT2D eigenvalue weighted by atomic mass is 9.94. The summed E-state index contributed by atoms with van der Waals surface area (Å²) in [6, 6.07) is 8.05. The Morgan fingerprint density at radius 3 is 2.96 bits per heavy atom. The molecule has 3 aliphatic rings. The van der Waals surface area contributed by atoms with Crippen LogP contribution in [-0.4, -0.2) is 49.9 Å². The van der Waals surface area contributed by atoms with Gasteiger partial charge in [-0.15, -0.1) is 0 Å². The maximum atomic E-state index is 13.0. The molecule has 6 rings (SSSR count). The summed E-state index contributed by atoms with van der Waals surface area (Å²) in [5, 5.41) is 1.01. The number of nitrogens with one attached hydrogen (secondary N) is 1. The van der Waals surface area contributed by atoms with Crippen LogP contribution in [0.3, 0.4) is 0 Å². The molecule has 26 heavy (non-hydrogen) atoms. The molecule has 3 saturated heterocycles. The van der Waals surface area contributed by atoms with Gasteiger partial charge in [-0.2, -0.15) is 0 Å². The van der Waals surface area contributed by atoms with Gasteiger partial charge in [-0.05, 0) is 31.0 Å². The van der Waals surface area contributed by atoms with E-state index in [0.717, 1.165) is 41.9 Å². The van der Waals surface area contributed by atoms with Crippen LogP contribution in [0.15, 0.2) is 43.0 Å². The third-order valence-corrected chi connectivity index (χ3v) is 5.48. The maximum Gasteiger partial charge on any atom is 0.228 e. The molecule has 0 aromatic carbocycles. The van der Waals surface area contributed by atoms with Crippen LogP contribution >= 0.6 is 0 Å². The number of carbonyl (C=O) groups excluding carboxylic acids is 1. The zero-order valence-corrected chi connectivity index (χ0v) is 14.4. The van der Waals surface area contributed by atoms with E-state index < -0.39 is 0 Å². The van der Waals surface area contributed by atoms with E-state index in [-0.39, 0.29) is 17.9 Å². The Kier molecular flexibility index (Phi) is 3.58. The molecule has 7 nitrogen and oxygen atoms in total. The third kappa shape index (κ3) is 2.51. The van der Waals surface area contributed by atoms with Crippen LogP contribution in [-0.2, 0) is 11.3 Å². The van der Waals surface area contributed by atoms with Gasteiger partial charge in [0.1, 0.15) is 17.8 Å². The van der Waals surface area contributed by atoms with Crippen molar-refractivity contribution in [1.29, 1.82) is 0 Å². The van der Waals surface area contributed by atoms with Gasteiger partial charge >= 0.3 is 0 Å². The van der Waals surface area contributed by atoms with E-state index in [1.54, 1.807) is 12.5 Å². The molecular weight excluding hydrogens is 328 g/mol. The number of fused-ring (bicyclic) bond motifs is 5. The van der Waals surface area contributed by atoms with Gasteiger partial charge in [0.05, 0.1) is 23.5 Å². The molecule has 1 N–H and O–H groups in total.